The van der Waals surface area contributed by atoms with E-state index < -0.39 is 0 Å². The van der Waals surface area contributed by atoms with E-state index in [2.05, 4.69) is 50.9 Å². The number of fused-ring (bicyclic) bond motifs is 7. The third-order valence-electron chi connectivity index (χ3n) is 9.22. The first-order valence-electron chi connectivity index (χ1n) is 14.0. The number of aryl methyl sites for hydroxylation is 1. The van der Waals surface area contributed by atoms with E-state index in [4.69, 9.17) is 4.74 Å². The van der Waals surface area contributed by atoms with E-state index in [0.717, 1.165) is 44.3 Å². The van der Waals surface area contributed by atoms with Crippen LogP contribution in [0.4, 0.5) is 0 Å². The molecule has 4 heterocycles. The molecular formula is C30H41N3O2. The highest BCUT2D eigenvalue weighted by molar-refractivity contribution is 5.84. The Bertz CT molecular complexity index is 1090. The molecule has 2 aromatic rings. The Morgan fingerprint density at radius 2 is 2.06 bits per heavy atom. The molecule has 6 rings (SSSR count). The maximum absolute atomic E-state index is 13.6. The predicted molar refractivity (Wildman–Crippen MR) is 140 cm³/mol. The van der Waals surface area contributed by atoms with Gasteiger partial charge in [-0.15, -0.1) is 0 Å². The number of piperidine rings is 3. The highest BCUT2D eigenvalue weighted by atomic mass is 16.5. The summed E-state index contributed by atoms with van der Waals surface area (Å²) < 4.78 is 7.61. The fraction of sp³-hybridized carbons (Fsp3) is 0.633. The minimum atomic E-state index is 0.367. The molecule has 1 aromatic carbocycles. The Balaban J connectivity index is 1.13. The van der Waals surface area contributed by atoms with Gasteiger partial charge in [0.05, 0.1) is 12.6 Å². The van der Waals surface area contributed by atoms with Gasteiger partial charge in [0, 0.05) is 56.3 Å². The normalized spacial score (nSPS) is 28.5. The lowest BCUT2D eigenvalue weighted by atomic mass is 9.68. The van der Waals surface area contributed by atoms with Gasteiger partial charge in [0.15, 0.2) is 0 Å². The highest BCUT2D eigenvalue weighted by Crippen LogP contribution is 2.45. The van der Waals surface area contributed by atoms with Crippen LogP contribution in [0.3, 0.4) is 0 Å². The zero-order valence-corrected chi connectivity index (χ0v) is 21.3. The second-order valence-corrected chi connectivity index (χ2v) is 11.3. The van der Waals surface area contributed by atoms with Gasteiger partial charge in [-0.25, -0.2) is 0 Å². The Labute approximate surface area is 210 Å². The molecule has 4 aliphatic rings. The highest BCUT2D eigenvalue weighted by Gasteiger charge is 2.46. The number of hydrogen-bond donors (Lipinski definition) is 0. The first kappa shape index (κ1) is 23.3. The van der Waals surface area contributed by atoms with Crippen molar-refractivity contribution in [1.29, 1.82) is 0 Å². The van der Waals surface area contributed by atoms with Crippen molar-refractivity contribution in [1.82, 2.24) is 14.4 Å². The smallest absolute Gasteiger partial charge is 0.223 e. The summed E-state index contributed by atoms with van der Waals surface area (Å²) in [6, 6.07) is 9.76. The minimum Gasteiger partial charge on any atom is -0.383 e. The van der Waals surface area contributed by atoms with Gasteiger partial charge in [-0.1, -0.05) is 36.3 Å². The zero-order chi connectivity index (χ0) is 23.8. The topological polar surface area (TPSA) is 37.7 Å². The van der Waals surface area contributed by atoms with Gasteiger partial charge in [0.1, 0.15) is 0 Å². The van der Waals surface area contributed by atoms with Gasteiger partial charge in [0.2, 0.25) is 5.91 Å². The number of nitrogens with zero attached hydrogens (tertiary/aromatic N) is 3. The van der Waals surface area contributed by atoms with Crippen LogP contribution >= 0.6 is 0 Å². The van der Waals surface area contributed by atoms with Crippen molar-refractivity contribution in [3.63, 3.8) is 0 Å². The standard InChI is InChI=1S/C30H41N3O2/c1-35-17-16-32-20-23(26-10-2-3-12-28(26)32)8-6-13-29(34)33-15-7-9-22-18-24-19-25(30(22)33)21-31-14-5-4-11-27(24)31/h2-3,10,12,18,20,24-25,27,30H,4-9,11,13-17,19,21H2,1H3/t24?,25?,27-,30-/m1/s1. The van der Waals surface area contributed by atoms with Gasteiger partial charge in [0.25, 0.3) is 0 Å². The van der Waals surface area contributed by atoms with E-state index in [1.165, 1.54) is 61.7 Å². The molecule has 35 heavy (non-hydrogen) atoms. The van der Waals surface area contributed by atoms with Gasteiger partial charge >= 0.3 is 0 Å². The number of hydrogen-bond acceptors (Lipinski definition) is 3. The summed E-state index contributed by atoms with van der Waals surface area (Å²) in [5, 5.41) is 1.32. The van der Waals surface area contributed by atoms with Crippen LogP contribution in [-0.2, 0) is 22.5 Å². The van der Waals surface area contributed by atoms with Crippen LogP contribution in [0, 0.1) is 11.8 Å². The van der Waals surface area contributed by atoms with Crippen molar-refractivity contribution < 1.29 is 9.53 Å². The second-order valence-electron chi connectivity index (χ2n) is 11.3. The molecule has 4 atom stereocenters. The molecule has 5 heteroatoms. The monoisotopic (exact) mass is 475 g/mol. The van der Waals surface area contributed by atoms with Crippen LogP contribution in [0.15, 0.2) is 42.1 Å². The molecule has 1 aliphatic carbocycles. The van der Waals surface area contributed by atoms with E-state index in [1.807, 2.05) is 0 Å². The van der Waals surface area contributed by atoms with Crippen molar-refractivity contribution in [2.24, 2.45) is 11.8 Å². The van der Waals surface area contributed by atoms with Crippen molar-refractivity contribution in [2.75, 3.05) is 33.4 Å². The van der Waals surface area contributed by atoms with Gasteiger partial charge in [-0.2, -0.15) is 0 Å². The summed E-state index contributed by atoms with van der Waals surface area (Å²) in [4.78, 5) is 18.6. The summed E-state index contributed by atoms with van der Waals surface area (Å²) in [6.07, 6.45) is 15.2. The molecule has 2 unspecified atom stereocenters. The number of methoxy groups -OCH3 is 1. The van der Waals surface area contributed by atoms with Crippen LogP contribution < -0.4 is 0 Å². The number of rotatable bonds is 7. The number of likely N-dealkylation sites (tertiary alicyclic amines) is 1. The Morgan fingerprint density at radius 3 is 2.97 bits per heavy atom. The number of aromatic nitrogens is 1. The van der Waals surface area contributed by atoms with E-state index in [1.54, 1.807) is 12.7 Å². The molecule has 1 amide bonds. The largest absolute Gasteiger partial charge is 0.383 e. The lowest BCUT2D eigenvalue weighted by molar-refractivity contribution is -0.136. The number of carbonyl (C=O) groups excluding carboxylic acids is 1. The molecule has 0 saturated carbocycles. The summed E-state index contributed by atoms with van der Waals surface area (Å²) in [5.41, 5.74) is 4.21. The molecule has 3 saturated heterocycles. The molecule has 0 spiro atoms. The maximum atomic E-state index is 13.6. The van der Waals surface area contributed by atoms with Crippen molar-refractivity contribution >= 4 is 16.8 Å². The number of carbonyl (C=O) groups is 1. The molecular weight excluding hydrogens is 434 g/mol. The number of para-hydroxylation sites is 1. The van der Waals surface area contributed by atoms with Crippen LogP contribution in [0.2, 0.25) is 0 Å². The molecule has 188 valence electrons. The fourth-order valence-electron chi connectivity index (χ4n) is 7.72. The summed E-state index contributed by atoms with van der Waals surface area (Å²) >= 11 is 0. The Morgan fingerprint density at radius 1 is 1.14 bits per heavy atom. The SMILES string of the molecule is COCCn1cc(CCCC(=O)N2CCCC3=CC4CC(CN5CCCC[C@H]45)[C@@H]32)c2ccccc21. The molecule has 0 radical (unpaired) electrons. The first-order valence-corrected chi connectivity index (χ1v) is 14.0. The molecule has 2 bridgehead atoms. The first-order chi connectivity index (χ1) is 17.2. The van der Waals surface area contributed by atoms with E-state index >= 15 is 0 Å². The van der Waals surface area contributed by atoms with Gasteiger partial charge < -0.3 is 14.2 Å². The lowest BCUT2D eigenvalue weighted by Crippen LogP contribution is -2.60. The average molecular weight is 476 g/mol. The number of benzene rings is 1. The number of ether oxygens (including phenoxy) is 1. The van der Waals surface area contributed by atoms with Crippen LogP contribution in [0.25, 0.3) is 10.9 Å². The molecule has 3 aliphatic heterocycles. The maximum Gasteiger partial charge on any atom is 0.223 e. The van der Waals surface area contributed by atoms with Gasteiger partial charge in [-0.3, -0.25) is 9.69 Å². The van der Waals surface area contributed by atoms with E-state index in [9.17, 15) is 4.79 Å². The molecule has 1 aromatic heterocycles. The number of amides is 1. The van der Waals surface area contributed by atoms with Crippen LogP contribution in [0.1, 0.15) is 56.9 Å². The van der Waals surface area contributed by atoms with Crippen LogP contribution in [-0.4, -0.2) is 65.7 Å². The molecule has 0 N–H and O–H groups in total. The predicted octanol–water partition coefficient (Wildman–Crippen LogP) is 5.03. The molecule has 3 fully saturated rings. The van der Waals surface area contributed by atoms with E-state index in [-0.39, 0.29) is 0 Å². The molecule has 5 nitrogen and oxygen atoms in total. The van der Waals surface area contributed by atoms with Crippen molar-refractivity contribution in [3.8, 4) is 0 Å². The van der Waals surface area contributed by atoms with Crippen molar-refractivity contribution in [3.05, 3.63) is 47.7 Å². The summed E-state index contributed by atoms with van der Waals surface area (Å²) in [7, 11) is 1.75. The lowest BCUT2D eigenvalue weighted by Gasteiger charge is -2.54. The third-order valence-corrected chi connectivity index (χ3v) is 9.22. The minimum absolute atomic E-state index is 0.367. The quantitative estimate of drug-likeness (QED) is 0.527. The van der Waals surface area contributed by atoms with Crippen molar-refractivity contribution in [2.45, 2.75) is 76.4 Å². The zero-order valence-electron chi connectivity index (χ0n) is 21.3. The van der Waals surface area contributed by atoms with Gasteiger partial charge in [-0.05, 0) is 75.0 Å². The summed E-state index contributed by atoms with van der Waals surface area (Å²) in [6.45, 7) is 4.99. The fourth-order valence-corrected chi connectivity index (χ4v) is 7.72. The average Bonchev–Trinajstić information content (AvgIpc) is 3.24. The summed E-state index contributed by atoms with van der Waals surface area (Å²) in [5.74, 6) is 1.74. The third kappa shape index (κ3) is 4.46. The van der Waals surface area contributed by atoms with E-state index in [0.29, 0.717) is 30.9 Å². The second kappa shape index (κ2) is 10.1. The van der Waals surface area contributed by atoms with Crippen LogP contribution in [0.5, 0.6) is 0 Å². The Kier molecular flexibility index (Phi) is 6.72. The Hall–Kier alpha value is -2.11.